The highest BCUT2D eigenvalue weighted by Gasteiger charge is 2.01. The van der Waals surface area contributed by atoms with E-state index in [0.717, 1.165) is 19.5 Å². The van der Waals surface area contributed by atoms with Gasteiger partial charge in [0, 0.05) is 11.9 Å². The van der Waals surface area contributed by atoms with Gasteiger partial charge in [-0.3, -0.25) is 0 Å². The summed E-state index contributed by atoms with van der Waals surface area (Å²) < 4.78 is 0. The van der Waals surface area contributed by atoms with Crippen LogP contribution in [0.25, 0.3) is 0 Å². The zero-order valence-corrected chi connectivity index (χ0v) is 10.6. The molecule has 1 unspecified atom stereocenters. The number of halogens is 1. The van der Waals surface area contributed by atoms with Crippen LogP contribution in [0.1, 0.15) is 30.0 Å². The topological polar surface area (TPSA) is 12.0 Å². The average molecular weight is 226 g/mol. The SMILES string of the molecule is Cc1cccc(C)c1CNCCC(C)Cl. The number of alkyl halides is 1. The van der Waals surface area contributed by atoms with Gasteiger partial charge in [-0.2, -0.15) is 0 Å². The summed E-state index contributed by atoms with van der Waals surface area (Å²) in [7, 11) is 0. The Hall–Kier alpha value is -0.530. The van der Waals surface area contributed by atoms with Crippen LogP contribution < -0.4 is 5.32 Å². The first-order valence-corrected chi connectivity index (χ1v) is 5.94. The lowest BCUT2D eigenvalue weighted by molar-refractivity contribution is 0.641. The number of aryl methyl sites for hydroxylation is 2. The van der Waals surface area contributed by atoms with Crippen LogP contribution in [0.5, 0.6) is 0 Å². The third kappa shape index (κ3) is 4.23. The molecule has 0 radical (unpaired) electrons. The van der Waals surface area contributed by atoms with E-state index in [0.29, 0.717) is 0 Å². The Labute approximate surface area is 97.8 Å². The second-order valence-electron chi connectivity index (χ2n) is 4.12. The standard InChI is InChI=1S/C13H20ClN/c1-10-5-4-6-11(2)13(10)9-15-8-7-12(3)14/h4-6,12,15H,7-9H2,1-3H3. The van der Waals surface area contributed by atoms with E-state index in [1.807, 2.05) is 6.92 Å². The minimum Gasteiger partial charge on any atom is -0.313 e. The van der Waals surface area contributed by atoms with Gasteiger partial charge in [0.1, 0.15) is 0 Å². The van der Waals surface area contributed by atoms with Crippen LogP contribution in [-0.4, -0.2) is 11.9 Å². The van der Waals surface area contributed by atoms with E-state index < -0.39 is 0 Å². The molecular formula is C13H20ClN. The Balaban J connectivity index is 2.43. The minimum atomic E-state index is 0.260. The van der Waals surface area contributed by atoms with Crippen molar-refractivity contribution in [1.29, 1.82) is 0 Å². The normalized spacial score (nSPS) is 12.8. The first-order valence-electron chi connectivity index (χ1n) is 5.51. The summed E-state index contributed by atoms with van der Waals surface area (Å²) in [5.74, 6) is 0. The Morgan fingerprint density at radius 3 is 2.40 bits per heavy atom. The molecule has 84 valence electrons. The van der Waals surface area contributed by atoms with Gasteiger partial charge in [0.15, 0.2) is 0 Å². The van der Waals surface area contributed by atoms with Gasteiger partial charge < -0.3 is 5.32 Å². The Kier molecular flexibility index (Phi) is 5.13. The van der Waals surface area contributed by atoms with Gasteiger partial charge in [-0.25, -0.2) is 0 Å². The Bertz CT molecular complexity index is 287. The highest BCUT2D eigenvalue weighted by atomic mass is 35.5. The van der Waals surface area contributed by atoms with Crippen LogP contribution in [-0.2, 0) is 6.54 Å². The van der Waals surface area contributed by atoms with Gasteiger partial charge in [0.25, 0.3) is 0 Å². The lowest BCUT2D eigenvalue weighted by Crippen LogP contribution is -2.18. The largest absolute Gasteiger partial charge is 0.313 e. The van der Waals surface area contributed by atoms with E-state index in [1.54, 1.807) is 0 Å². The van der Waals surface area contributed by atoms with E-state index in [2.05, 4.69) is 37.4 Å². The highest BCUT2D eigenvalue weighted by molar-refractivity contribution is 6.20. The van der Waals surface area contributed by atoms with Gasteiger partial charge >= 0.3 is 0 Å². The summed E-state index contributed by atoms with van der Waals surface area (Å²) >= 11 is 5.88. The second-order valence-corrected chi connectivity index (χ2v) is 4.86. The zero-order chi connectivity index (χ0) is 11.3. The van der Waals surface area contributed by atoms with E-state index in [4.69, 9.17) is 11.6 Å². The predicted octanol–water partition coefficient (Wildman–Crippen LogP) is 3.41. The zero-order valence-electron chi connectivity index (χ0n) is 9.81. The molecule has 1 aromatic rings. The molecule has 0 aliphatic carbocycles. The van der Waals surface area contributed by atoms with Gasteiger partial charge in [-0.15, -0.1) is 11.6 Å². The molecular weight excluding hydrogens is 206 g/mol. The molecule has 1 aromatic carbocycles. The quantitative estimate of drug-likeness (QED) is 0.598. The molecule has 0 fully saturated rings. The molecule has 0 spiro atoms. The monoisotopic (exact) mass is 225 g/mol. The van der Waals surface area contributed by atoms with E-state index in [9.17, 15) is 0 Å². The van der Waals surface area contributed by atoms with Crippen molar-refractivity contribution in [2.24, 2.45) is 0 Å². The summed E-state index contributed by atoms with van der Waals surface area (Å²) in [5, 5.41) is 3.69. The molecule has 1 rings (SSSR count). The van der Waals surface area contributed by atoms with Crippen LogP contribution in [0.15, 0.2) is 18.2 Å². The molecule has 15 heavy (non-hydrogen) atoms. The first-order chi connectivity index (χ1) is 7.11. The maximum absolute atomic E-state index is 5.88. The van der Waals surface area contributed by atoms with Crippen molar-refractivity contribution in [3.63, 3.8) is 0 Å². The summed E-state index contributed by atoms with van der Waals surface area (Å²) in [6, 6.07) is 6.43. The van der Waals surface area contributed by atoms with Crippen LogP contribution in [0.3, 0.4) is 0 Å². The van der Waals surface area contributed by atoms with Crippen LogP contribution in [0, 0.1) is 13.8 Å². The molecule has 0 amide bonds. The fourth-order valence-corrected chi connectivity index (χ4v) is 1.75. The molecule has 1 atom stereocenters. The smallest absolute Gasteiger partial charge is 0.0319 e. The van der Waals surface area contributed by atoms with Crippen molar-refractivity contribution in [3.8, 4) is 0 Å². The highest BCUT2D eigenvalue weighted by Crippen LogP contribution is 2.12. The fourth-order valence-electron chi connectivity index (χ4n) is 1.64. The van der Waals surface area contributed by atoms with Crippen molar-refractivity contribution < 1.29 is 0 Å². The summed E-state index contributed by atoms with van der Waals surface area (Å²) in [5.41, 5.74) is 4.14. The molecule has 2 heteroatoms. The van der Waals surface area contributed by atoms with Crippen LogP contribution in [0.2, 0.25) is 0 Å². The van der Waals surface area contributed by atoms with Crippen molar-refractivity contribution in [2.75, 3.05) is 6.54 Å². The third-order valence-corrected chi connectivity index (χ3v) is 2.88. The lowest BCUT2D eigenvalue weighted by Gasteiger charge is -2.11. The minimum absolute atomic E-state index is 0.260. The third-order valence-electron chi connectivity index (χ3n) is 2.67. The number of benzene rings is 1. The molecule has 0 bridgehead atoms. The average Bonchev–Trinajstić information content (AvgIpc) is 2.15. The number of nitrogens with one attached hydrogen (secondary N) is 1. The summed E-state index contributed by atoms with van der Waals surface area (Å²) in [6.45, 7) is 8.28. The molecule has 0 aliphatic rings. The maximum Gasteiger partial charge on any atom is 0.0319 e. The molecule has 0 aromatic heterocycles. The first kappa shape index (κ1) is 12.5. The van der Waals surface area contributed by atoms with Gasteiger partial charge in [-0.1, -0.05) is 18.2 Å². The molecule has 1 N–H and O–H groups in total. The molecule has 0 saturated carbocycles. The van der Waals surface area contributed by atoms with Crippen molar-refractivity contribution in [1.82, 2.24) is 5.32 Å². The second kappa shape index (κ2) is 6.14. The van der Waals surface area contributed by atoms with Crippen molar-refractivity contribution >= 4 is 11.6 Å². The van der Waals surface area contributed by atoms with Crippen LogP contribution >= 0.6 is 11.6 Å². The van der Waals surface area contributed by atoms with Crippen molar-refractivity contribution in [2.45, 2.75) is 39.1 Å². The Morgan fingerprint density at radius 1 is 1.27 bits per heavy atom. The van der Waals surface area contributed by atoms with Crippen molar-refractivity contribution in [3.05, 3.63) is 34.9 Å². The Morgan fingerprint density at radius 2 is 1.87 bits per heavy atom. The molecule has 0 heterocycles. The van der Waals surface area contributed by atoms with Gasteiger partial charge in [0.2, 0.25) is 0 Å². The van der Waals surface area contributed by atoms with E-state index in [1.165, 1.54) is 16.7 Å². The molecule has 1 nitrogen and oxygen atoms in total. The lowest BCUT2D eigenvalue weighted by atomic mass is 10.0. The number of hydrogen-bond donors (Lipinski definition) is 1. The van der Waals surface area contributed by atoms with Gasteiger partial charge in [-0.05, 0) is 50.4 Å². The van der Waals surface area contributed by atoms with E-state index >= 15 is 0 Å². The van der Waals surface area contributed by atoms with Crippen LogP contribution in [0.4, 0.5) is 0 Å². The number of rotatable bonds is 5. The number of hydrogen-bond acceptors (Lipinski definition) is 1. The predicted molar refractivity (Wildman–Crippen MR) is 67.6 cm³/mol. The van der Waals surface area contributed by atoms with Gasteiger partial charge in [0.05, 0.1) is 0 Å². The summed E-state index contributed by atoms with van der Waals surface area (Å²) in [6.07, 6.45) is 1.02. The summed E-state index contributed by atoms with van der Waals surface area (Å²) in [4.78, 5) is 0. The fraction of sp³-hybridized carbons (Fsp3) is 0.538. The molecule has 0 saturated heterocycles. The maximum atomic E-state index is 5.88. The van der Waals surface area contributed by atoms with E-state index in [-0.39, 0.29) is 5.38 Å². The molecule has 0 aliphatic heterocycles.